The van der Waals surface area contributed by atoms with Crippen LogP contribution in [0.1, 0.15) is 0 Å². The Labute approximate surface area is 156 Å². The lowest BCUT2D eigenvalue weighted by molar-refractivity contribution is 0.582. The number of primary sulfonamides is 1. The van der Waals surface area contributed by atoms with Gasteiger partial charge in [0.05, 0.1) is 4.90 Å². The number of rotatable bonds is 4. The molecule has 27 heavy (non-hydrogen) atoms. The van der Waals surface area contributed by atoms with Gasteiger partial charge < -0.3 is 4.90 Å². The molecule has 0 spiro atoms. The summed E-state index contributed by atoms with van der Waals surface area (Å²) in [4.78, 5) is 1.23. The zero-order valence-corrected chi connectivity index (χ0v) is 15.6. The van der Waals surface area contributed by atoms with Crippen molar-refractivity contribution in [1.82, 2.24) is 0 Å². The van der Waals surface area contributed by atoms with Gasteiger partial charge in [-0.05, 0) is 34.9 Å². The van der Waals surface area contributed by atoms with Gasteiger partial charge in [-0.15, -0.1) is 0 Å². The molecule has 4 nitrogen and oxygen atoms in total. The van der Waals surface area contributed by atoms with E-state index >= 15 is 0 Å². The first-order valence-electron chi connectivity index (χ1n) is 8.08. The molecule has 0 aliphatic carbocycles. The highest BCUT2D eigenvalue weighted by molar-refractivity contribution is 7.89. The minimum atomic E-state index is -4.05. The summed E-state index contributed by atoms with van der Waals surface area (Å²) in [6.45, 7) is 0. The standard InChI is InChI=1S/C20H18F2N2O2S/c1-24(2)20-16(21)11-14(12-17(20)22)15-9-6-10-18(27(23,25)26)19(15)13-7-4-3-5-8-13/h3-12H,1-2H3,(H2,23,25,26). The second kappa shape index (κ2) is 7.09. The smallest absolute Gasteiger partial charge is 0.238 e. The van der Waals surface area contributed by atoms with E-state index in [1.807, 2.05) is 0 Å². The number of nitrogens with two attached hydrogens (primary N) is 1. The van der Waals surface area contributed by atoms with Crippen LogP contribution in [0.25, 0.3) is 22.3 Å². The van der Waals surface area contributed by atoms with Crippen molar-refractivity contribution in [3.63, 3.8) is 0 Å². The van der Waals surface area contributed by atoms with E-state index < -0.39 is 21.7 Å². The van der Waals surface area contributed by atoms with Gasteiger partial charge in [-0.2, -0.15) is 0 Å². The number of hydrogen-bond donors (Lipinski definition) is 1. The predicted molar refractivity (Wildman–Crippen MR) is 103 cm³/mol. The van der Waals surface area contributed by atoms with E-state index in [0.717, 1.165) is 0 Å². The van der Waals surface area contributed by atoms with E-state index in [9.17, 15) is 17.2 Å². The van der Waals surface area contributed by atoms with Gasteiger partial charge in [-0.25, -0.2) is 22.3 Å². The molecule has 2 N–H and O–H groups in total. The van der Waals surface area contributed by atoms with Gasteiger partial charge in [0.2, 0.25) is 10.0 Å². The summed E-state index contributed by atoms with van der Waals surface area (Å²) < 4.78 is 53.2. The topological polar surface area (TPSA) is 63.4 Å². The molecule has 140 valence electrons. The van der Waals surface area contributed by atoms with Gasteiger partial charge >= 0.3 is 0 Å². The molecule has 0 aliphatic heterocycles. The SMILES string of the molecule is CN(C)c1c(F)cc(-c2cccc(S(N)(=O)=O)c2-c2ccccc2)cc1F. The Kier molecular flexibility index (Phi) is 4.99. The zero-order valence-electron chi connectivity index (χ0n) is 14.8. The summed E-state index contributed by atoms with van der Waals surface area (Å²) in [5.41, 5.74) is 1.31. The van der Waals surface area contributed by atoms with Crippen molar-refractivity contribution in [2.24, 2.45) is 5.14 Å². The van der Waals surface area contributed by atoms with Crippen LogP contribution in [-0.2, 0) is 10.0 Å². The Morgan fingerprint density at radius 3 is 1.96 bits per heavy atom. The van der Waals surface area contributed by atoms with Gasteiger partial charge in [-0.1, -0.05) is 42.5 Å². The average molecular weight is 388 g/mol. The minimum Gasteiger partial charge on any atom is -0.373 e. The molecule has 7 heteroatoms. The maximum Gasteiger partial charge on any atom is 0.238 e. The van der Waals surface area contributed by atoms with Crippen molar-refractivity contribution >= 4 is 15.7 Å². The van der Waals surface area contributed by atoms with Gasteiger partial charge in [0, 0.05) is 19.7 Å². The van der Waals surface area contributed by atoms with Gasteiger partial charge in [0.1, 0.15) is 17.3 Å². The number of anilines is 1. The Hall–Kier alpha value is -2.77. The van der Waals surface area contributed by atoms with Crippen LogP contribution < -0.4 is 10.0 Å². The molecular formula is C20H18F2N2O2S. The van der Waals surface area contributed by atoms with Crippen LogP contribution in [0.5, 0.6) is 0 Å². The first-order chi connectivity index (χ1) is 12.7. The largest absolute Gasteiger partial charge is 0.373 e. The number of sulfonamides is 1. The summed E-state index contributed by atoms with van der Waals surface area (Å²) in [5, 5.41) is 5.38. The van der Waals surface area contributed by atoms with Crippen molar-refractivity contribution < 1.29 is 17.2 Å². The number of halogens is 2. The van der Waals surface area contributed by atoms with Gasteiger partial charge in [-0.3, -0.25) is 0 Å². The Bertz CT molecular complexity index is 1080. The number of nitrogens with zero attached hydrogens (tertiary/aromatic N) is 1. The van der Waals surface area contributed by atoms with E-state index in [4.69, 9.17) is 5.14 Å². The van der Waals surface area contributed by atoms with Crippen molar-refractivity contribution in [3.05, 3.63) is 72.3 Å². The third-order valence-electron chi connectivity index (χ3n) is 4.17. The summed E-state index contributed by atoms with van der Waals surface area (Å²) in [7, 11) is -0.970. The summed E-state index contributed by atoms with van der Waals surface area (Å²) in [6.07, 6.45) is 0. The molecule has 0 unspecified atom stereocenters. The van der Waals surface area contributed by atoms with Crippen LogP contribution in [0.2, 0.25) is 0 Å². The van der Waals surface area contributed by atoms with E-state index in [1.165, 1.54) is 43.3 Å². The number of hydrogen-bond acceptors (Lipinski definition) is 3. The van der Waals surface area contributed by atoms with E-state index in [0.29, 0.717) is 16.7 Å². The van der Waals surface area contributed by atoms with Crippen molar-refractivity contribution in [2.75, 3.05) is 19.0 Å². The molecule has 0 aromatic heterocycles. The van der Waals surface area contributed by atoms with E-state index in [2.05, 4.69) is 0 Å². The lowest BCUT2D eigenvalue weighted by atomic mass is 9.94. The highest BCUT2D eigenvalue weighted by Crippen LogP contribution is 2.38. The van der Waals surface area contributed by atoms with Gasteiger partial charge in [0.25, 0.3) is 0 Å². The molecule has 0 heterocycles. The quantitative estimate of drug-likeness (QED) is 0.734. The number of benzene rings is 3. The molecule has 0 radical (unpaired) electrons. The Balaban J connectivity index is 2.35. The molecule has 0 atom stereocenters. The third-order valence-corrected chi connectivity index (χ3v) is 5.12. The zero-order chi connectivity index (χ0) is 19.8. The molecule has 0 aliphatic rings. The molecule has 0 bridgehead atoms. The molecule has 3 rings (SSSR count). The molecule has 3 aromatic rings. The van der Waals surface area contributed by atoms with Crippen molar-refractivity contribution in [1.29, 1.82) is 0 Å². The average Bonchev–Trinajstić information content (AvgIpc) is 2.60. The van der Waals surface area contributed by atoms with Crippen molar-refractivity contribution in [3.8, 4) is 22.3 Å². The van der Waals surface area contributed by atoms with Crippen LogP contribution in [0.15, 0.2) is 65.6 Å². The van der Waals surface area contributed by atoms with Crippen LogP contribution >= 0.6 is 0 Å². The second-order valence-electron chi connectivity index (χ2n) is 6.27. The highest BCUT2D eigenvalue weighted by Gasteiger charge is 2.21. The summed E-state index contributed by atoms with van der Waals surface area (Å²) in [6, 6.07) is 15.6. The Morgan fingerprint density at radius 1 is 0.852 bits per heavy atom. The molecule has 3 aromatic carbocycles. The van der Waals surface area contributed by atoms with Crippen molar-refractivity contribution in [2.45, 2.75) is 4.90 Å². The third kappa shape index (κ3) is 3.70. The lowest BCUT2D eigenvalue weighted by Gasteiger charge is -2.18. The minimum absolute atomic E-state index is 0.108. The van der Waals surface area contributed by atoms with Gasteiger partial charge in [0.15, 0.2) is 0 Å². The van der Waals surface area contributed by atoms with Crippen LogP contribution in [0, 0.1) is 11.6 Å². The van der Waals surface area contributed by atoms with Crippen LogP contribution in [-0.4, -0.2) is 22.5 Å². The Morgan fingerprint density at radius 2 is 1.44 bits per heavy atom. The molecule has 0 amide bonds. The molecule has 0 saturated carbocycles. The second-order valence-corrected chi connectivity index (χ2v) is 7.80. The molecular weight excluding hydrogens is 370 g/mol. The summed E-state index contributed by atoms with van der Waals surface area (Å²) in [5.74, 6) is -1.48. The maximum atomic E-state index is 14.5. The normalized spacial score (nSPS) is 11.4. The summed E-state index contributed by atoms with van der Waals surface area (Å²) >= 11 is 0. The van der Waals surface area contributed by atoms with Crippen LogP contribution in [0.3, 0.4) is 0 Å². The lowest BCUT2D eigenvalue weighted by Crippen LogP contribution is -2.14. The molecule has 0 fully saturated rings. The van der Waals surface area contributed by atoms with E-state index in [-0.39, 0.29) is 16.1 Å². The predicted octanol–water partition coefficient (Wildman–Crippen LogP) is 4.01. The fourth-order valence-electron chi connectivity index (χ4n) is 3.06. The monoisotopic (exact) mass is 388 g/mol. The maximum absolute atomic E-state index is 14.5. The first-order valence-corrected chi connectivity index (χ1v) is 9.62. The van der Waals surface area contributed by atoms with E-state index in [1.54, 1.807) is 36.4 Å². The fourth-order valence-corrected chi connectivity index (χ4v) is 3.84. The van der Waals surface area contributed by atoms with Crippen LogP contribution in [0.4, 0.5) is 14.5 Å². The highest BCUT2D eigenvalue weighted by atomic mass is 32.2. The molecule has 0 saturated heterocycles. The fraction of sp³-hybridized carbons (Fsp3) is 0.100. The first kappa shape index (κ1) is 19.0.